The summed E-state index contributed by atoms with van der Waals surface area (Å²) in [6.07, 6.45) is 1.62. The Balaban J connectivity index is 2.01. The van der Waals surface area contributed by atoms with E-state index in [0.717, 1.165) is 11.1 Å². The number of aliphatic hydroxyl groups excluding tert-OH is 1. The van der Waals surface area contributed by atoms with Crippen molar-refractivity contribution in [3.63, 3.8) is 0 Å². The van der Waals surface area contributed by atoms with Crippen molar-refractivity contribution < 1.29 is 22.7 Å². The van der Waals surface area contributed by atoms with E-state index in [-0.39, 0.29) is 29.8 Å². The molecule has 0 atom stereocenters. The van der Waals surface area contributed by atoms with Crippen LogP contribution in [0.4, 0.5) is 5.82 Å². The van der Waals surface area contributed by atoms with Crippen LogP contribution in [-0.4, -0.2) is 43.8 Å². The maximum atomic E-state index is 12.6. The number of aliphatic hydroxyl groups is 1. The van der Waals surface area contributed by atoms with Crippen LogP contribution in [0.25, 0.3) is 22.4 Å². The smallest absolute Gasteiger partial charge is 0.255 e. The van der Waals surface area contributed by atoms with Crippen LogP contribution in [0, 0.1) is 10.5 Å². The summed E-state index contributed by atoms with van der Waals surface area (Å²) in [5.41, 5.74) is 2.32. The summed E-state index contributed by atoms with van der Waals surface area (Å²) in [6.45, 7) is 2.01. The van der Waals surface area contributed by atoms with Crippen molar-refractivity contribution in [2.45, 2.75) is 26.2 Å². The zero-order chi connectivity index (χ0) is 22.6. The predicted molar refractivity (Wildman–Crippen MR) is 129 cm³/mol. The van der Waals surface area contributed by atoms with Gasteiger partial charge in [-0.05, 0) is 48.4 Å². The minimum Gasteiger partial charge on any atom is -0.437 e. The average Bonchev–Trinajstić information content (AvgIpc) is 3.09. The number of fused-ring (bicyclic) bond motifs is 1. The number of anilines is 1. The number of halogens is 1. The zero-order valence-electron chi connectivity index (χ0n) is 17.2. The molecule has 0 fully saturated rings. The quantitative estimate of drug-likeness (QED) is 0.273. The number of unbranched alkanes of at least 4 members (excludes halogenated alkanes) is 2. The number of carbonyl (C=O) groups excluding carboxylic acids is 1. The first-order valence-electron chi connectivity index (χ1n) is 9.79. The van der Waals surface area contributed by atoms with Crippen LogP contribution in [0.5, 0.6) is 0 Å². The second-order valence-electron chi connectivity index (χ2n) is 7.13. The fourth-order valence-electron chi connectivity index (χ4n) is 3.11. The van der Waals surface area contributed by atoms with Crippen LogP contribution < -0.4 is 10.0 Å². The molecule has 3 rings (SSSR count). The predicted octanol–water partition coefficient (Wildman–Crippen LogP) is 3.67. The lowest BCUT2D eigenvalue weighted by molar-refractivity contribution is 0.0964. The van der Waals surface area contributed by atoms with Gasteiger partial charge in [0.25, 0.3) is 5.91 Å². The molecule has 0 unspecified atom stereocenters. The molecule has 0 aliphatic carbocycles. The Bertz CT molecular complexity index is 1190. The molecule has 3 N–H and O–H groups in total. The topological polar surface area (TPSA) is 122 Å². The highest BCUT2D eigenvalue weighted by Crippen LogP contribution is 2.35. The van der Waals surface area contributed by atoms with E-state index >= 15 is 0 Å². The van der Waals surface area contributed by atoms with Crippen LogP contribution in [0.2, 0.25) is 0 Å². The summed E-state index contributed by atoms with van der Waals surface area (Å²) < 4.78 is 33.8. The molecule has 0 radical (unpaired) electrons. The van der Waals surface area contributed by atoms with Crippen molar-refractivity contribution in [1.82, 2.24) is 10.3 Å². The Kier molecular flexibility index (Phi) is 7.55. The molecule has 0 spiro atoms. The average molecular weight is 557 g/mol. The molecule has 31 heavy (non-hydrogen) atoms. The molecule has 1 amide bonds. The van der Waals surface area contributed by atoms with E-state index in [1.165, 1.54) is 7.05 Å². The number of nitrogens with zero attached hydrogens (tertiary/aromatic N) is 1. The zero-order valence-corrected chi connectivity index (χ0v) is 20.2. The van der Waals surface area contributed by atoms with E-state index in [9.17, 15) is 13.2 Å². The fraction of sp³-hybridized carbons (Fsp3) is 0.333. The summed E-state index contributed by atoms with van der Waals surface area (Å²) in [4.78, 5) is 17.0. The van der Waals surface area contributed by atoms with Gasteiger partial charge in [-0.2, -0.15) is 4.98 Å². The van der Waals surface area contributed by atoms with Gasteiger partial charge >= 0.3 is 0 Å². The van der Waals surface area contributed by atoms with Gasteiger partial charge in [0, 0.05) is 19.2 Å². The van der Waals surface area contributed by atoms with Crippen molar-refractivity contribution in [3.8, 4) is 11.3 Å². The third kappa shape index (κ3) is 5.55. The summed E-state index contributed by atoms with van der Waals surface area (Å²) >= 11 is 1.98. The summed E-state index contributed by atoms with van der Waals surface area (Å²) in [5, 5.41) is 12.0. The SMILES string of the molecule is CNC(=O)c1c(-c2ccc(C)cc2)oc2nc(NS(=O)(=O)CCCCCO)c(I)cc12. The van der Waals surface area contributed by atoms with Gasteiger partial charge in [-0.3, -0.25) is 9.52 Å². The Hall–Kier alpha value is -2.18. The molecule has 1 aromatic carbocycles. The number of benzene rings is 1. The van der Waals surface area contributed by atoms with Gasteiger partial charge in [0.15, 0.2) is 5.82 Å². The molecule has 3 aromatic rings. The molecule has 0 aliphatic heterocycles. The molecular weight excluding hydrogens is 533 g/mol. The number of hydrogen-bond donors (Lipinski definition) is 3. The number of aromatic nitrogens is 1. The second-order valence-corrected chi connectivity index (χ2v) is 10.1. The number of furan rings is 1. The minimum atomic E-state index is -3.61. The molecule has 166 valence electrons. The van der Waals surface area contributed by atoms with Crippen molar-refractivity contribution in [3.05, 3.63) is 45.0 Å². The van der Waals surface area contributed by atoms with E-state index in [1.54, 1.807) is 6.07 Å². The largest absolute Gasteiger partial charge is 0.437 e. The number of carbonyl (C=O) groups is 1. The van der Waals surface area contributed by atoms with Gasteiger partial charge in [-0.1, -0.05) is 36.2 Å². The van der Waals surface area contributed by atoms with Crippen LogP contribution in [0.15, 0.2) is 34.7 Å². The Morgan fingerprint density at radius 3 is 2.55 bits per heavy atom. The maximum absolute atomic E-state index is 12.6. The number of amides is 1. The van der Waals surface area contributed by atoms with E-state index in [4.69, 9.17) is 9.52 Å². The van der Waals surface area contributed by atoms with Crippen LogP contribution >= 0.6 is 22.6 Å². The molecule has 0 saturated heterocycles. The van der Waals surface area contributed by atoms with Crippen LogP contribution in [-0.2, 0) is 10.0 Å². The van der Waals surface area contributed by atoms with Gasteiger partial charge in [0.05, 0.1) is 20.3 Å². The molecule has 2 aromatic heterocycles. The molecule has 0 saturated carbocycles. The lowest BCUT2D eigenvalue weighted by Crippen LogP contribution is -2.19. The third-order valence-corrected chi connectivity index (χ3v) is 6.88. The fourth-order valence-corrected chi connectivity index (χ4v) is 4.99. The van der Waals surface area contributed by atoms with Crippen molar-refractivity contribution in [1.29, 1.82) is 0 Å². The molecule has 0 aliphatic rings. The maximum Gasteiger partial charge on any atom is 0.255 e. The first-order chi connectivity index (χ1) is 14.8. The van der Waals surface area contributed by atoms with E-state index < -0.39 is 10.0 Å². The van der Waals surface area contributed by atoms with Gasteiger partial charge in [-0.15, -0.1) is 0 Å². The highest BCUT2D eigenvalue weighted by molar-refractivity contribution is 14.1. The van der Waals surface area contributed by atoms with Crippen molar-refractivity contribution in [2.24, 2.45) is 0 Å². The first kappa shape index (κ1) is 23.5. The van der Waals surface area contributed by atoms with Gasteiger partial charge in [0.2, 0.25) is 15.7 Å². The highest BCUT2D eigenvalue weighted by Gasteiger charge is 2.24. The molecular formula is C21H24IN3O5S. The second kappa shape index (κ2) is 9.96. The van der Waals surface area contributed by atoms with Crippen LogP contribution in [0.1, 0.15) is 35.2 Å². The number of aryl methyl sites for hydroxylation is 1. The van der Waals surface area contributed by atoms with Gasteiger partial charge in [0.1, 0.15) is 5.76 Å². The Morgan fingerprint density at radius 2 is 1.90 bits per heavy atom. The van der Waals surface area contributed by atoms with E-state index in [0.29, 0.717) is 39.5 Å². The number of hydrogen-bond acceptors (Lipinski definition) is 6. The first-order valence-corrected chi connectivity index (χ1v) is 12.5. The Morgan fingerprint density at radius 1 is 1.19 bits per heavy atom. The third-order valence-electron chi connectivity index (χ3n) is 4.73. The van der Waals surface area contributed by atoms with Crippen molar-refractivity contribution >= 4 is 55.4 Å². The standard InChI is InChI=1S/C21H24IN3O5S/c1-13-6-8-14(9-7-13)18-17(20(27)23-2)15-12-16(22)19(24-21(15)30-18)25-31(28,29)11-5-3-4-10-26/h6-9,12,26H,3-5,10-11H2,1-2H3,(H,23,27)(H,24,25). The summed E-state index contributed by atoms with van der Waals surface area (Å²) in [7, 11) is -2.07. The molecule has 8 nitrogen and oxygen atoms in total. The normalized spacial score (nSPS) is 11.6. The molecule has 0 bridgehead atoms. The number of pyridine rings is 1. The monoisotopic (exact) mass is 557 g/mol. The summed E-state index contributed by atoms with van der Waals surface area (Å²) in [6, 6.07) is 9.26. The number of nitrogens with one attached hydrogen (secondary N) is 2. The lowest BCUT2D eigenvalue weighted by atomic mass is 10.0. The van der Waals surface area contributed by atoms with Gasteiger partial charge < -0.3 is 14.8 Å². The molecule has 10 heteroatoms. The Labute approximate surface area is 194 Å². The lowest BCUT2D eigenvalue weighted by Gasteiger charge is -2.09. The summed E-state index contributed by atoms with van der Waals surface area (Å²) in [5.74, 6) is 0.146. The van der Waals surface area contributed by atoms with Gasteiger partial charge in [-0.25, -0.2) is 8.42 Å². The molecule has 2 heterocycles. The van der Waals surface area contributed by atoms with E-state index in [2.05, 4.69) is 15.0 Å². The number of rotatable bonds is 9. The number of sulfonamides is 1. The minimum absolute atomic E-state index is 0.0408. The van der Waals surface area contributed by atoms with E-state index in [1.807, 2.05) is 53.8 Å². The van der Waals surface area contributed by atoms with Crippen LogP contribution in [0.3, 0.4) is 0 Å². The van der Waals surface area contributed by atoms with Crippen molar-refractivity contribution in [2.75, 3.05) is 24.1 Å². The highest BCUT2D eigenvalue weighted by atomic mass is 127.